The summed E-state index contributed by atoms with van der Waals surface area (Å²) >= 11 is 4.91. The molecule has 0 aromatic carbocycles. The predicted molar refractivity (Wildman–Crippen MR) is 74.5 cm³/mol. The molecule has 2 rings (SSSR count). The summed E-state index contributed by atoms with van der Waals surface area (Å²) in [6.45, 7) is 1.99. The first kappa shape index (κ1) is 13.1. The number of hydrogen-bond donors (Lipinski definition) is 2. The van der Waals surface area contributed by atoms with E-state index in [2.05, 4.69) is 21.2 Å². The highest BCUT2D eigenvalue weighted by Crippen LogP contribution is 2.27. The fraction of sp³-hybridized carbons (Fsp3) is 0.583. The summed E-state index contributed by atoms with van der Waals surface area (Å²) in [6.07, 6.45) is 4.35. The molecule has 0 radical (unpaired) electrons. The van der Waals surface area contributed by atoms with Crippen LogP contribution in [0.4, 0.5) is 0 Å². The van der Waals surface area contributed by atoms with Crippen LogP contribution in [0.15, 0.2) is 9.85 Å². The number of carbonyl (C=O) groups excluding carboxylic acids is 1. The van der Waals surface area contributed by atoms with Crippen LogP contribution in [0.5, 0.6) is 0 Å². The molecule has 1 aromatic rings. The fourth-order valence-corrected chi connectivity index (χ4v) is 3.59. The van der Waals surface area contributed by atoms with Gasteiger partial charge in [0.2, 0.25) is 0 Å². The molecule has 1 aliphatic rings. The van der Waals surface area contributed by atoms with Gasteiger partial charge in [0.1, 0.15) is 0 Å². The quantitative estimate of drug-likeness (QED) is 0.881. The highest BCUT2D eigenvalue weighted by atomic mass is 79.9. The van der Waals surface area contributed by atoms with E-state index in [0.29, 0.717) is 0 Å². The lowest BCUT2D eigenvalue weighted by Gasteiger charge is -2.29. The van der Waals surface area contributed by atoms with Crippen LogP contribution < -0.4 is 11.1 Å². The van der Waals surface area contributed by atoms with Crippen molar-refractivity contribution < 1.29 is 4.79 Å². The van der Waals surface area contributed by atoms with Gasteiger partial charge in [-0.1, -0.05) is 12.8 Å². The van der Waals surface area contributed by atoms with Gasteiger partial charge in [-0.2, -0.15) is 0 Å². The Morgan fingerprint density at radius 1 is 1.53 bits per heavy atom. The zero-order valence-electron chi connectivity index (χ0n) is 9.83. The summed E-state index contributed by atoms with van der Waals surface area (Å²) < 4.78 is 1.02. The van der Waals surface area contributed by atoms with E-state index < -0.39 is 0 Å². The maximum Gasteiger partial charge on any atom is 0.261 e. The number of nitrogens with one attached hydrogen (secondary N) is 1. The van der Waals surface area contributed by atoms with Crippen LogP contribution in [0.25, 0.3) is 0 Å². The Morgan fingerprint density at radius 2 is 2.24 bits per heavy atom. The molecule has 0 aliphatic heterocycles. The largest absolute Gasteiger partial charge is 0.347 e. The number of thiophene rings is 1. The Morgan fingerprint density at radius 3 is 2.82 bits per heavy atom. The Bertz CT molecular complexity index is 399. The standard InChI is InChI=1S/C12H17BrN2OS/c1-7-6-10(17-11(7)13)12(16)15-9-5-3-2-4-8(9)14/h6,8-9H,2-5,14H2,1H3,(H,15,16)/t8-,9-/m1/s1. The number of carbonyl (C=O) groups is 1. The molecule has 1 saturated carbocycles. The molecule has 94 valence electrons. The van der Waals surface area contributed by atoms with Crippen molar-refractivity contribution in [3.05, 3.63) is 20.3 Å². The Labute approximate surface area is 114 Å². The lowest BCUT2D eigenvalue weighted by molar-refractivity contribution is 0.0925. The third-order valence-electron chi connectivity index (χ3n) is 3.22. The molecule has 3 nitrogen and oxygen atoms in total. The van der Waals surface area contributed by atoms with E-state index in [0.717, 1.165) is 33.5 Å². The topological polar surface area (TPSA) is 55.1 Å². The second-order valence-corrected chi connectivity index (χ2v) is 6.97. The molecule has 0 unspecified atom stereocenters. The molecule has 0 bridgehead atoms. The average Bonchev–Trinajstić information content (AvgIpc) is 2.63. The van der Waals surface area contributed by atoms with E-state index in [9.17, 15) is 4.79 Å². The third kappa shape index (κ3) is 3.09. The van der Waals surface area contributed by atoms with Crippen LogP contribution >= 0.6 is 27.3 Å². The Balaban J connectivity index is 2.01. The SMILES string of the molecule is Cc1cc(C(=O)N[C@@H]2CCCC[C@H]2N)sc1Br. The minimum Gasteiger partial charge on any atom is -0.347 e. The monoisotopic (exact) mass is 316 g/mol. The third-order valence-corrected chi connectivity index (χ3v) is 5.35. The van der Waals surface area contributed by atoms with Gasteiger partial charge in [-0.05, 0) is 47.3 Å². The predicted octanol–water partition coefficient (Wildman–Crippen LogP) is 2.82. The van der Waals surface area contributed by atoms with Crippen molar-refractivity contribution in [1.29, 1.82) is 0 Å². The van der Waals surface area contributed by atoms with Crippen molar-refractivity contribution in [3.8, 4) is 0 Å². The molecule has 0 saturated heterocycles. The van der Waals surface area contributed by atoms with Gasteiger partial charge >= 0.3 is 0 Å². The lowest BCUT2D eigenvalue weighted by atomic mass is 9.91. The summed E-state index contributed by atoms with van der Waals surface area (Å²) in [5.74, 6) is 0.00569. The number of halogens is 1. The van der Waals surface area contributed by atoms with Crippen LogP contribution in [0.1, 0.15) is 40.9 Å². The van der Waals surface area contributed by atoms with Crippen LogP contribution in [0.3, 0.4) is 0 Å². The molecule has 0 spiro atoms. The van der Waals surface area contributed by atoms with Gasteiger partial charge < -0.3 is 11.1 Å². The molecular formula is C12H17BrN2OS. The van der Waals surface area contributed by atoms with E-state index in [1.54, 1.807) is 0 Å². The minimum absolute atomic E-state index is 0.00569. The molecule has 1 aliphatic carbocycles. The van der Waals surface area contributed by atoms with Crippen molar-refractivity contribution in [1.82, 2.24) is 5.32 Å². The Hall–Kier alpha value is -0.390. The van der Waals surface area contributed by atoms with Crippen LogP contribution in [-0.4, -0.2) is 18.0 Å². The van der Waals surface area contributed by atoms with Crippen LogP contribution in [-0.2, 0) is 0 Å². The zero-order valence-corrected chi connectivity index (χ0v) is 12.2. The zero-order chi connectivity index (χ0) is 12.4. The number of amides is 1. The smallest absolute Gasteiger partial charge is 0.261 e. The van der Waals surface area contributed by atoms with E-state index in [1.807, 2.05) is 13.0 Å². The molecule has 1 heterocycles. The maximum absolute atomic E-state index is 12.0. The molecule has 17 heavy (non-hydrogen) atoms. The number of aryl methyl sites for hydroxylation is 1. The molecular weight excluding hydrogens is 300 g/mol. The highest BCUT2D eigenvalue weighted by molar-refractivity contribution is 9.11. The molecule has 1 aromatic heterocycles. The minimum atomic E-state index is 0.00569. The van der Waals surface area contributed by atoms with Crippen molar-refractivity contribution >= 4 is 33.2 Å². The first-order valence-electron chi connectivity index (χ1n) is 5.90. The maximum atomic E-state index is 12.0. The van der Waals surface area contributed by atoms with Crippen molar-refractivity contribution in [2.75, 3.05) is 0 Å². The van der Waals surface area contributed by atoms with Crippen LogP contribution in [0, 0.1) is 6.92 Å². The van der Waals surface area contributed by atoms with Gasteiger partial charge in [0.25, 0.3) is 5.91 Å². The van der Waals surface area contributed by atoms with Crippen molar-refractivity contribution in [2.24, 2.45) is 5.73 Å². The molecule has 5 heteroatoms. The number of hydrogen-bond acceptors (Lipinski definition) is 3. The average molecular weight is 317 g/mol. The normalized spacial score (nSPS) is 24.6. The summed E-state index contributed by atoms with van der Waals surface area (Å²) in [6, 6.07) is 2.16. The molecule has 1 fully saturated rings. The van der Waals surface area contributed by atoms with Gasteiger partial charge in [0.05, 0.1) is 8.66 Å². The summed E-state index contributed by atoms with van der Waals surface area (Å²) in [5, 5.41) is 3.05. The molecule has 3 N–H and O–H groups in total. The first-order valence-corrected chi connectivity index (χ1v) is 7.51. The number of rotatable bonds is 2. The van der Waals surface area contributed by atoms with E-state index >= 15 is 0 Å². The summed E-state index contributed by atoms with van der Waals surface area (Å²) in [4.78, 5) is 12.8. The van der Waals surface area contributed by atoms with Gasteiger partial charge in [-0.3, -0.25) is 4.79 Å². The van der Waals surface area contributed by atoms with Gasteiger partial charge in [-0.15, -0.1) is 11.3 Å². The second kappa shape index (κ2) is 5.50. The number of nitrogens with two attached hydrogens (primary N) is 1. The van der Waals surface area contributed by atoms with Crippen molar-refractivity contribution in [3.63, 3.8) is 0 Å². The van der Waals surface area contributed by atoms with E-state index in [1.165, 1.54) is 17.8 Å². The molecule has 2 atom stereocenters. The summed E-state index contributed by atoms with van der Waals surface area (Å²) in [7, 11) is 0. The molecule has 1 amide bonds. The summed E-state index contributed by atoms with van der Waals surface area (Å²) in [5.41, 5.74) is 7.12. The van der Waals surface area contributed by atoms with Crippen LogP contribution in [0.2, 0.25) is 0 Å². The Kier molecular flexibility index (Phi) is 4.22. The first-order chi connectivity index (χ1) is 8.08. The van der Waals surface area contributed by atoms with E-state index in [4.69, 9.17) is 5.73 Å². The second-order valence-electron chi connectivity index (χ2n) is 4.60. The van der Waals surface area contributed by atoms with E-state index in [-0.39, 0.29) is 18.0 Å². The lowest BCUT2D eigenvalue weighted by Crippen LogP contribution is -2.49. The van der Waals surface area contributed by atoms with Gasteiger partial charge in [-0.25, -0.2) is 0 Å². The highest BCUT2D eigenvalue weighted by Gasteiger charge is 2.24. The van der Waals surface area contributed by atoms with Gasteiger partial charge in [0, 0.05) is 12.1 Å². The van der Waals surface area contributed by atoms with Crippen molar-refractivity contribution in [2.45, 2.75) is 44.7 Å². The fourth-order valence-electron chi connectivity index (χ4n) is 2.15. The van der Waals surface area contributed by atoms with Gasteiger partial charge in [0.15, 0.2) is 0 Å².